The molecule has 0 spiro atoms. The van der Waals surface area contributed by atoms with Gasteiger partial charge in [0, 0.05) is 25.2 Å². The van der Waals surface area contributed by atoms with Crippen molar-refractivity contribution in [2.75, 3.05) is 20.2 Å². The van der Waals surface area contributed by atoms with Crippen LogP contribution in [-0.2, 0) is 10.0 Å². The van der Waals surface area contributed by atoms with Crippen molar-refractivity contribution in [2.24, 2.45) is 0 Å². The molecule has 1 aliphatic heterocycles. The number of halogens is 1. The molecule has 0 bridgehead atoms. The van der Waals surface area contributed by atoms with Gasteiger partial charge in [-0.15, -0.1) is 12.4 Å². The molecule has 0 aliphatic carbocycles. The van der Waals surface area contributed by atoms with Crippen molar-refractivity contribution in [1.82, 2.24) is 9.62 Å². The maximum Gasteiger partial charge on any atom is 0.243 e. The van der Waals surface area contributed by atoms with E-state index in [1.54, 1.807) is 23.5 Å². The summed E-state index contributed by atoms with van der Waals surface area (Å²) in [6.45, 7) is 8.81. The van der Waals surface area contributed by atoms with Crippen LogP contribution >= 0.6 is 12.4 Å². The SMILES string of the molecule is COc1cc(C)c(S(=O)(=O)N2CCNC(C)C2C)cc1C.Cl. The third-order valence-corrected chi connectivity index (χ3v) is 6.38. The Morgan fingerprint density at radius 1 is 1.23 bits per heavy atom. The van der Waals surface area contributed by atoms with Crippen LogP contribution in [0.3, 0.4) is 0 Å². The van der Waals surface area contributed by atoms with Gasteiger partial charge >= 0.3 is 0 Å². The van der Waals surface area contributed by atoms with Crippen molar-refractivity contribution in [2.45, 2.75) is 44.7 Å². The third kappa shape index (κ3) is 3.40. The summed E-state index contributed by atoms with van der Waals surface area (Å²) in [6, 6.07) is 3.58. The van der Waals surface area contributed by atoms with Gasteiger partial charge in [-0.1, -0.05) is 0 Å². The molecule has 0 saturated carbocycles. The van der Waals surface area contributed by atoms with Crippen molar-refractivity contribution < 1.29 is 13.2 Å². The highest BCUT2D eigenvalue weighted by Crippen LogP contribution is 2.29. The first-order chi connectivity index (χ1) is 9.78. The molecule has 1 N–H and O–H groups in total. The van der Waals surface area contributed by atoms with Crippen molar-refractivity contribution in [3.05, 3.63) is 23.3 Å². The maximum absolute atomic E-state index is 13.0. The molecular weight excluding hydrogens is 324 g/mol. The van der Waals surface area contributed by atoms with E-state index < -0.39 is 10.0 Å². The summed E-state index contributed by atoms with van der Waals surface area (Å²) in [5.74, 6) is 0.716. The Labute approximate surface area is 139 Å². The van der Waals surface area contributed by atoms with Gasteiger partial charge in [-0.3, -0.25) is 0 Å². The molecule has 126 valence electrons. The lowest BCUT2D eigenvalue weighted by Crippen LogP contribution is -2.57. The first-order valence-corrected chi connectivity index (χ1v) is 8.63. The van der Waals surface area contributed by atoms with E-state index in [-0.39, 0.29) is 24.5 Å². The molecule has 7 heteroatoms. The van der Waals surface area contributed by atoms with Gasteiger partial charge in [-0.2, -0.15) is 4.31 Å². The number of hydrogen-bond acceptors (Lipinski definition) is 4. The molecule has 1 aromatic carbocycles. The maximum atomic E-state index is 13.0. The summed E-state index contributed by atoms with van der Waals surface area (Å²) < 4.78 is 32.8. The van der Waals surface area contributed by atoms with Gasteiger partial charge in [-0.25, -0.2) is 8.42 Å². The predicted molar refractivity (Wildman–Crippen MR) is 90.5 cm³/mol. The minimum atomic E-state index is -3.48. The van der Waals surface area contributed by atoms with Crippen LogP contribution < -0.4 is 10.1 Å². The quantitative estimate of drug-likeness (QED) is 0.908. The molecule has 2 rings (SSSR count). The number of nitrogens with zero attached hydrogens (tertiary/aromatic N) is 1. The molecule has 0 aromatic heterocycles. The Morgan fingerprint density at radius 2 is 1.86 bits per heavy atom. The van der Waals surface area contributed by atoms with E-state index in [9.17, 15) is 8.42 Å². The zero-order valence-electron chi connectivity index (χ0n) is 13.7. The van der Waals surface area contributed by atoms with E-state index >= 15 is 0 Å². The number of hydrogen-bond donors (Lipinski definition) is 1. The Bertz CT molecular complexity index is 634. The van der Waals surface area contributed by atoms with Crippen molar-refractivity contribution in [1.29, 1.82) is 0 Å². The van der Waals surface area contributed by atoms with E-state index in [1.165, 1.54) is 0 Å². The van der Waals surface area contributed by atoms with E-state index in [0.29, 0.717) is 23.7 Å². The number of methoxy groups -OCH3 is 1. The van der Waals surface area contributed by atoms with E-state index in [4.69, 9.17) is 4.74 Å². The fourth-order valence-electron chi connectivity index (χ4n) is 2.75. The van der Waals surface area contributed by atoms with Crippen LogP contribution in [-0.4, -0.2) is 45.0 Å². The third-order valence-electron chi connectivity index (χ3n) is 4.26. The molecule has 1 aliphatic rings. The lowest BCUT2D eigenvalue weighted by molar-refractivity contribution is 0.232. The molecule has 2 unspecified atom stereocenters. The number of sulfonamides is 1. The Balaban J connectivity index is 0.00000242. The lowest BCUT2D eigenvalue weighted by Gasteiger charge is -2.37. The van der Waals surface area contributed by atoms with E-state index in [2.05, 4.69) is 5.32 Å². The van der Waals surface area contributed by atoms with Crippen molar-refractivity contribution >= 4 is 22.4 Å². The molecule has 22 heavy (non-hydrogen) atoms. The molecule has 2 atom stereocenters. The number of piperazine rings is 1. The van der Waals surface area contributed by atoms with Crippen LogP contribution in [0, 0.1) is 13.8 Å². The Hall–Kier alpha value is -0.820. The zero-order chi connectivity index (χ0) is 15.8. The second-order valence-corrected chi connectivity index (χ2v) is 7.55. The van der Waals surface area contributed by atoms with Gasteiger partial charge in [0.15, 0.2) is 0 Å². The summed E-state index contributed by atoms with van der Waals surface area (Å²) in [7, 11) is -1.89. The highest BCUT2D eigenvalue weighted by atomic mass is 35.5. The van der Waals surface area contributed by atoms with Crippen LogP contribution in [0.15, 0.2) is 17.0 Å². The fourth-order valence-corrected chi connectivity index (χ4v) is 4.75. The monoisotopic (exact) mass is 348 g/mol. The Kier molecular flexibility index (Phi) is 6.27. The first-order valence-electron chi connectivity index (χ1n) is 7.19. The minimum Gasteiger partial charge on any atom is -0.496 e. The summed E-state index contributed by atoms with van der Waals surface area (Å²) in [5, 5.41) is 3.30. The lowest BCUT2D eigenvalue weighted by atomic mass is 10.1. The average molecular weight is 349 g/mol. The molecule has 0 amide bonds. The van der Waals surface area contributed by atoms with Gasteiger partial charge in [0.2, 0.25) is 10.0 Å². The highest BCUT2D eigenvalue weighted by molar-refractivity contribution is 7.89. The number of ether oxygens (including phenoxy) is 1. The Morgan fingerprint density at radius 3 is 2.45 bits per heavy atom. The molecular formula is C15H25ClN2O3S. The van der Waals surface area contributed by atoms with Crippen LogP contribution in [0.4, 0.5) is 0 Å². The van der Waals surface area contributed by atoms with Gasteiger partial charge in [0.05, 0.1) is 12.0 Å². The molecule has 0 radical (unpaired) electrons. The summed E-state index contributed by atoms with van der Waals surface area (Å²) in [4.78, 5) is 0.377. The van der Waals surface area contributed by atoms with Gasteiger partial charge in [-0.05, 0) is 51.0 Å². The molecule has 1 heterocycles. The second kappa shape index (κ2) is 7.17. The van der Waals surface area contributed by atoms with Gasteiger partial charge < -0.3 is 10.1 Å². The summed E-state index contributed by atoms with van der Waals surface area (Å²) in [6.07, 6.45) is 0. The fraction of sp³-hybridized carbons (Fsp3) is 0.600. The highest BCUT2D eigenvalue weighted by Gasteiger charge is 2.35. The average Bonchev–Trinajstić information content (AvgIpc) is 2.43. The molecule has 5 nitrogen and oxygen atoms in total. The first kappa shape index (κ1) is 19.2. The molecule has 1 saturated heterocycles. The second-order valence-electron chi connectivity index (χ2n) is 5.69. The zero-order valence-corrected chi connectivity index (χ0v) is 15.3. The van der Waals surface area contributed by atoms with Crippen LogP contribution in [0.2, 0.25) is 0 Å². The van der Waals surface area contributed by atoms with E-state index in [1.807, 2.05) is 27.7 Å². The normalized spacial score (nSPS) is 23.0. The number of aryl methyl sites for hydroxylation is 2. The standard InChI is InChI=1S/C15H24N2O3S.ClH/c1-10-9-15(11(2)8-14(10)20-5)21(18,19)17-7-6-16-12(3)13(17)4;/h8-9,12-13,16H,6-7H2,1-5H3;1H. The van der Waals surface area contributed by atoms with Crippen LogP contribution in [0.5, 0.6) is 5.75 Å². The van der Waals surface area contributed by atoms with Gasteiger partial charge in [0.1, 0.15) is 5.75 Å². The summed E-state index contributed by atoms with van der Waals surface area (Å²) >= 11 is 0. The summed E-state index contributed by atoms with van der Waals surface area (Å²) in [5.41, 5.74) is 1.55. The molecule has 1 aromatic rings. The van der Waals surface area contributed by atoms with E-state index in [0.717, 1.165) is 11.1 Å². The number of nitrogens with one attached hydrogen (secondary N) is 1. The van der Waals surface area contributed by atoms with Crippen LogP contribution in [0.1, 0.15) is 25.0 Å². The largest absolute Gasteiger partial charge is 0.496 e. The van der Waals surface area contributed by atoms with Crippen molar-refractivity contribution in [3.63, 3.8) is 0 Å². The predicted octanol–water partition coefficient (Wildman–Crippen LogP) is 2.10. The van der Waals surface area contributed by atoms with Crippen molar-refractivity contribution in [3.8, 4) is 5.75 Å². The topological polar surface area (TPSA) is 58.6 Å². The minimum absolute atomic E-state index is 0. The molecule has 1 fully saturated rings. The van der Waals surface area contributed by atoms with Gasteiger partial charge in [0.25, 0.3) is 0 Å². The van der Waals surface area contributed by atoms with Crippen LogP contribution in [0.25, 0.3) is 0 Å². The number of rotatable bonds is 3. The number of benzene rings is 1. The smallest absolute Gasteiger partial charge is 0.243 e.